The molecule has 1 saturated heterocycles. The average Bonchev–Trinajstić information content (AvgIpc) is 3.35. The highest BCUT2D eigenvalue weighted by Gasteiger charge is 2.47. The summed E-state index contributed by atoms with van der Waals surface area (Å²) in [6.45, 7) is 2.77. The van der Waals surface area contributed by atoms with Crippen LogP contribution in [0.2, 0.25) is 0 Å². The van der Waals surface area contributed by atoms with Crippen LogP contribution in [0.25, 0.3) is 5.76 Å². The van der Waals surface area contributed by atoms with E-state index in [0.29, 0.717) is 41.8 Å². The van der Waals surface area contributed by atoms with Gasteiger partial charge < -0.3 is 23.9 Å². The molecule has 1 atom stereocenters. The summed E-state index contributed by atoms with van der Waals surface area (Å²) in [5.41, 5.74) is 1.12. The fourth-order valence-electron chi connectivity index (χ4n) is 3.97. The minimum atomic E-state index is -0.870. The fourth-order valence-corrected chi connectivity index (χ4v) is 3.97. The molecular formula is C24H20N2O6. The van der Waals surface area contributed by atoms with Crippen molar-refractivity contribution in [1.82, 2.24) is 9.88 Å². The molecule has 1 aromatic carbocycles. The molecule has 3 aromatic rings. The molecular weight excluding hydrogens is 412 g/mol. The van der Waals surface area contributed by atoms with Gasteiger partial charge in [-0.25, -0.2) is 0 Å². The molecule has 0 radical (unpaired) electrons. The topological polar surface area (TPSA) is 102 Å². The number of pyridine rings is 1. The van der Waals surface area contributed by atoms with Crippen molar-refractivity contribution in [1.29, 1.82) is 0 Å². The third kappa shape index (κ3) is 3.39. The largest absolute Gasteiger partial charge is 0.507 e. The number of nitrogens with zero attached hydrogens (tertiary/aromatic N) is 2. The molecule has 2 aromatic heterocycles. The summed E-state index contributed by atoms with van der Waals surface area (Å²) in [6.07, 6.45) is 3.24. The first-order chi connectivity index (χ1) is 15.5. The number of aliphatic hydroxyl groups is 1. The van der Waals surface area contributed by atoms with E-state index in [1.165, 1.54) is 4.90 Å². The van der Waals surface area contributed by atoms with Crippen LogP contribution in [0.5, 0.6) is 11.5 Å². The number of Topliss-reactive ketones (excluding diaryl/α,β-unsaturated/α-hetero) is 1. The molecule has 1 amide bonds. The molecule has 1 unspecified atom stereocenters. The van der Waals surface area contributed by atoms with Gasteiger partial charge in [0, 0.05) is 24.5 Å². The lowest BCUT2D eigenvalue weighted by Crippen LogP contribution is -2.29. The van der Waals surface area contributed by atoms with Crippen LogP contribution in [-0.2, 0) is 16.1 Å². The lowest BCUT2D eigenvalue weighted by molar-refractivity contribution is -0.140. The van der Waals surface area contributed by atoms with E-state index in [4.69, 9.17) is 13.9 Å². The number of amides is 1. The van der Waals surface area contributed by atoms with Crippen LogP contribution in [0.1, 0.15) is 28.7 Å². The molecule has 0 spiro atoms. The number of rotatable bonds is 4. The first-order valence-electron chi connectivity index (χ1n) is 10.2. The molecule has 162 valence electrons. The Morgan fingerprint density at radius 2 is 1.81 bits per heavy atom. The minimum absolute atomic E-state index is 0.0323. The number of hydrogen-bond acceptors (Lipinski definition) is 7. The number of aromatic nitrogens is 1. The third-order valence-electron chi connectivity index (χ3n) is 5.49. The van der Waals surface area contributed by atoms with Crippen molar-refractivity contribution < 1.29 is 28.6 Å². The lowest BCUT2D eigenvalue weighted by atomic mass is 9.99. The van der Waals surface area contributed by atoms with Crippen LogP contribution in [0.15, 0.2) is 64.8 Å². The highest BCUT2D eigenvalue weighted by atomic mass is 16.6. The van der Waals surface area contributed by atoms with E-state index in [-0.39, 0.29) is 17.9 Å². The van der Waals surface area contributed by atoms with Crippen LogP contribution in [0.4, 0.5) is 0 Å². The van der Waals surface area contributed by atoms with Gasteiger partial charge in [0.25, 0.3) is 11.7 Å². The van der Waals surface area contributed by atoms with Crippen LogP contribution >= 0.6 is 0 Å². The number of hydrogen-bond donors (Lipinski definition) is 1. The highest BCUT2D eigenvalue weighted by molar-refractivity contribution is 6.46. The summed E-state index contributed by atoms with van der Waals surface area (Å²) in [5, 5.41) is 11.2. The molecule has 8 heteroatoms. The number of carbonyl (C=O) groups is 2. The van der Waals surface area contributed by atoms with E-state index in [2.05, 4.69) is 4.98 Å². The zero-order valence-corrected chi connectivity index (χ0v) is 17.3. The van der Waals surface area contributed by atoms with Crippen molar-refractivity contribution in [2.75, 3.05) is 13.2 Å². The molecule has 0 bridgehead atoms. The van der Waals surface area contributed by atoms with Crippen LogP contribution in [-0.4, -0.2) is 39.9 Å². The number of aryl methyl sites for hydroxylation is 1. The average molecular weight is 432 g/mol. The minimum Gasteiger partial charge on any atom is -0.507 e. The predicted molar refractivity (Wildman–Crippen MR) is 113 cm³/mol. The molecule has 8 nitrogen and oxygen atoms in total. The van der Waals surface area contributed by atoms with Crippen LogP contribution in [0.3, 0.4) is 0 Å². The van der Waals surface area contributed by atoms with Crippen molar-refractivity contribution >= 4 is 17.4 Å². The Balaban J connectivity index is 1.62. The van der Waals surface area contributed by atoms with Gasteiger partial charge >= 0.3 is 0 Å². The second-order valence-electron chi connectivity index (χ2n) is 7.59. The molecule has 2 aliphatic rings. The number of likely N-dealkylation sites (tertiary alicyclic amines) is 1. The van der Waals surface area contributed by atoms with Crippen molar-refractivity contribution in [2.45, 2.75) is 19.5 Å². The Bertz CT molecular complexity index is 1230. The second kappa shape index (κ2) is 7.88. The van der Waals surface area contributed by atoms with Gasteiger partial charge in [0.15, 0.2) is 11.5 Å². The Hall–Kier alpha value is -4.07. The summed E-state index contributed by atoms with van der Waals surface area (Å²) < 4.78 is 16.9. The van der Waals surface area contributed by atoms with E-state index in [9.17, 15) is 14.7 Å². The number of furan rings is 1. The summed E-state index contributed by atoms with van der Waals surface area (Å²) in [5.74, 6) is 0.284. The van der Waals surface area contributed by atoms with E-state index in [0.717, 1.165) is 5.56 Å². The maximum atomic E-state index is 13.1. The van der Waals surface area contributed by atoms with Crippen molar-refractivity contribution in [3.8, 4) is 11.5 Å². The third-order valence-corrected chi connectivity index (χ3v) is 5.49. The van der Waals surface area contributed by atoms with Crippen molar-refractivity contribution in [3.05, 3.63) is 83.1 Å². The van der Waals surface area contributed by atoms with Gasteiger partial charge in [0.05, 0.1) is 5.57 Å². The lowest BCUT2D eigenvalue weighted by Gasteiger charge is -2.23. The normalized spacial score (nSPS) is 19.4. The molecule has 1 N–H and O–H groups in total. The van der Waals surface area contributed by atoms with Crippen molar-refractivity contribution in [2.24, 2.45) is 0 Å². The Morgan fingerprint density at radius 3 is 2.53 bits per heavy atom. The number of benzene rings is 1. The van der Waals surface area contributed by atoms with E-state index in [1.807, 2.05) is 0 Å². The van der Waals surface area contributed by atoms with Gasteiger partial charge in [-0.1, -0.05) is 0 Å². The predicted octanol–water partition coefficient (Wildman–Crippen LogP) is 3.38. The van der Waals surface area contributed by atoms with E-state index >= 15 is 0 Å². The maximum Gasteiger partial charge on any atom is 0.296 e. The van der Waals surface area contributed by atoms with Gasteiger partial charge in [-0.3, -0.25) is 14.6 Å². The molecule has 0 aliphatic carbocycles. The maximum absolute atomic E-state index is 13.1. The van der Waals surface area contributed by atoms with Gasteiger partial charge in [-0.15, -0.1) is 0 Å². The smallest absolute Gasteiger partial charge is 0.296 e. The summed E-state index contributed by atoms with van der Waals surface area (Å²) in [7, 11) is 0. The first kappa shape index (κ1) is 19.9. The molecule has 5 rings (SSSR count). The van der Waals surface area contributed by atoms with Crippen LogP contribution < -0.4 is 9.47 Å². The number of carbonyl (C=O) groups excluding carboxylic acids is 2. The second-order valence-corrected chi connectivity index (χ2v) is 7.59. The number of fused-ring (bicyclic) bond motifs is 1. The summed E-state index contributed by atoms with van der Waals surface area (Å²) in [4.78, 5) is 31.5. The standard InChI is InChI=1S/C24H20N2O6/c1-14-2-4-18(32-14)21-20(22(27)16-3-5-17-19(12-16)31-11-10-30-17)23(28)24(29)26(21)13-15-6-8-25-9-7-15/h2-9,12,21,27H,10-11,13H2,1H3/b22-20+. The van der Waals surface area contributed by atoms with Gasteiger partial charge in [-0.05, 0) is 55.0 Å². The quantitative estimate of drug-likeness (QED) is 0.383. The first-order valence-corrected chi connectivity index (χ1v) is 10.2. The molecule has 32 heavy (non-hydrogen) atoms. The summed E-state index contributed by atoms with van der Waals surface area (Å²) >= 11 is 0. The SMILES string of the molecule is Cc1ccc(C2/C(=C(\O)c3ccc4c(c3)OCCO4)C(=O)C(=O)N2Cc2ccncc2)o1. The van der Waals surface area contributed by atoms with Crippen LogP contribution in [0, 0.1) is 6.92 Å². The molecule has 4 heterocycles. The van der Waals surface area contributed by atoms with Gasteiger partial charge in [-0.2, -0.15) is 0 Å². The van der Waals surface area contributed by atoms with Gasteiger partial charge in [0.2, 0.25) is 0 Å². The molecule has 1 fully saturated rings. The Kier molecular flexibility index (Phi) is 4.89. The molecule has 0 saturated carbocycles. The fraction of sp³-hybridized carbons (Fsp3) is 0.208. The van der Waals surface area contributed by atoms with Gasteiger partial charge in [0.1, 0.15) is 36.5 Å². The van der Waals surface area contributed by atoms with E-state index < -0.39 is 17.7 Å². The number of ketones is 1. The van der Waals surface area contributed by atoms with E-state index in [1.54, 1.807) is 61.8 Å². The van der Waals surface area contributed by atoms with Crippen molar-refractivity contribution in [3.63, 3.8) is 0 Å². The Labute approximate surface area is 183 Å². The number of aliphatic hydroxyl groups excluding tert-OH is 1. The highest BCUT2D eigenvalue weighted by Crippen LogP contribution is 2.42. The number of ether oxygens (including phenoxy) is 2. The zero-order valence-electron chi connectivity index (χ0n) is 17.3. The monoisotopic (exact) mass is 432 g/mol. The molecule has 2 aliphatic heterocycles. The zero-order chi connectivity index (χ0) is 22.2. The summed E-state index contributed by atoms with van der Waals surface area (Å²) in [6, 6.07) is 11.0. The Morgan fingerprint density at radius 1 is 1.06 bits per heavy atom.